The molecule has 0 aromatic rings. The van der Waals surface area contributed by atoms with Crippen molar-refractivity contribution >= 4 is 11.9 Å². The number of ether oxygens (including phenoxy) is 2. The summed E-state index contributed by atoms with van der Waals surface area (Å²) >= 11 is 0. The van der Waals surface area contributed by atoms with E-state index in [9.17, 15) is 62.3 Å². The molecule has 0 saturated heterocycles. The fourth-order valence-electron chi connectivity index (χ4n) is 3.40. The topological polar surface area (TPSA) is 72.8 Å². The number of halogens is 12. The summed E-state index contributed by atoms with van der Waals surface area (Å²) < 4.78 is 180. The summed E-state index contributed by atoms with van der Waals surface area (Å²) in [6.07, 6.45) is -5.90. The zero-order valence-electron chi connectivity index (χ0n) is 23.4. The molecule has 0 aliphatic rings. The Balaban J connectivity index is 6.01. The molecule has 0 radical (unpaired) electrons. The van der Waals surface area contributed by atoms with Gasteiger partial charge in [0.25, 0.3) is 0 Å². The van der Waals surface area contributed by atoms with Crippen molar-refractivity contribution in [1.29, 1.82) is 0 Å². The van der Waals surface area contributed by atoms with Gasteiger partial charge in [-0.15, -0.1) is 0 Å². The minimum Gasteiger partial charge on any atom is -0.462 e. The normalized spacial score (nSPS) is 14.3. The molecule has 1 N–H and O–H groups in total. The summed E-state index contributed by atoms with van der Waals surface area (Å²) in [4.78, 5) is 23.2. The summed E-state index contributed by atoms with van der Waals surface area (Å²) in [6.45, 7) is 6.09. The van der Waals surface area contributed by atoms with Gasteiger partial charge in [-0.1, -0.05) is 45.8 Å². The summed E-state index contributed by atoms with van der Waals surface area (Å²) in [7, 11) is 0. The molecule has 0 spiro atoms. The SMILES string of the molecule is C=C(C)C(=O)OCC(CCC(F)(F)C(F)(F)C(F)(F)C(F)(F)C(F)(F)C(F)(F)CCCCCCC)COC(=O)C(=C)CO. The second-order valence-corrected chi connectivity index (χ2v) is 10.0. The van der Waals surface area contributed by atoms with Crippen LogP contribution in [0, 0.1) is 5.92 Å². The van der Waals surface area contributed by atoms with E-state index in [-0.39, 0.29) is 18.4 Å². The summed E-state index contributed by atoms with van der Waals surface area (Å²) in [6, 6.07) is 0. The van der Waals surface area contributed by atoms with Crippen molar-refractivity contribution in [3.63, 3.8) is 0 Å². The van der Waals surface area contributed by atoms with Crippen LogP contribution in [0.5, 0.6) is 0 Å². The van der Waals surface area contributed by atoms with Crippen LogP contribution in [0.25, 0.3) is 0 Å². The highest BCUT2D eigenvalue weighted by molar-refractivity contribution is 5.88. The predicted octanol–water partition coefficient (Wildman–Crippen LogP) is 7.77. The van der Waals surface area contributed by atoms with Crippen molar-refractivity contribution in [3.8, 4) is 0 Å². The molecule has 0 fully saturated rings. The smallest absolute Gasteiger partial charge is 0.384 e. The van der Waals surface area contributed by atoms with Gasteiger partial charge in [0.05, 0.1) is 25.4 Å². The van der Waals surface area contributed by atoms with Gasteiger partial charge in [0.15, 0.2) is 0 Å². The molecule has 43 heavy (non-hydrogen) atoms. The molecule has 0 aliphatic heterocycles. The molecule has 252 valence electrons. The van der Waals surface area contributed by atoms with Crippen LogP contribution in [0.3, 0.4) is 0 Å². The second kappa shape index (κ2) is 15.5. The van der Waals surface area contributed by atoms with Crippen molar-refractivity contribution < 1.29 is 76.9 Å². The lowest BCUT2D eigenvalue weighted by atomic mass is 9.87. The third-order valence-electron chi connectivity index (χ3n) is 6.29. The number of unbranched alkanes of at least 4 members (excludes halogenated alkanes) is 4. The van der Waals surface area contributed by atoms with Crippen LogP contribution in [0.2, 0.25) is 0 Å². The van der Waals surface area contributed by atoms with Crippen molar-refractivity contribution in [2.75, 3.05) is 19.8 Å². The Morgan fingerprint density at radius 2 is 1.09 bits per heavy atom. The number of carbonyl (C=O) groups is 2. The van der Waals surface area contributed by atoms with Gasteiger partial charge in [-0.3, -0.25) is 0 Å². The van der Waals surface area contributed by atoms with Gasteiger partial charge >= 0.3 is 47.5 Å². The molecule has 0 bridgehead atoms. The first kappa shape index (κ1) is 40.5. The van der Waals surface area contributed by atoms with Gasteiger partial charge in [-0.25, -0.2) is 9.59 Å². The van der Waals surface area contributed by atoms with Crippen LogP contribution >= 0.6 is 0 Å². The van der Waals surface area contributed by atoms with Gasteiger partial charge in [0.1, 0.15) is 0 Å². The summed E-state index contributed by atoms with van der Waals surface area (Å²) in [5.41, 5.74) is -0.822. The van der Waals surface area contributed by atoms with E-state index in [1.807, 2.05) is 0 Å². The second-order valence-electron chi connectivity index (χ2n) is 10.0. The number of alkyl halides is 12. The quantitative estimate of drug-likeness (QED) is 0.0593. The fraction of sp³-hybridized carbons (Fsp3) is 0.769. The maximum Gasteiger partial charge on any atom is 0.384 e. The monoisotopic (exact) mass is 654 g/mol. The van der Waals surface area contributed by atoms with E-state index >= 15 is 0 Å². The van der Waals surface area contributed by atoms with E-state index in [0.29, 0.717) is 12.8 Å². The molecule has 0 heterocycles. The largest absolute Gasteiger partial charge is 0.462 e. The average Bonchev–Trinajstić information content (AvgIpc) is 2.90. The third kappa shape index (κ3) is 9.51. The maximum atomic E-state index is 14.4. The lowest BCUT2D eigenvalue weighted by molar-refractivity contribution is -0.426. The van der Waals surface area contributed by atoms with Gasteiger partial charge < -0.3 is 14.6 Å². The van der Waals surface area contributed by atoms with Gasteiger partial charge in [0, 0.05) is 24.3 Å². The van der Waals surface area contributed by atoms with E-state index < -0.39 is 104 Å². The molecule has 5 nitrogen and oxygen atoms in total. The summed E-state index contributed by atoms with van der Waals surface area (Å²) in [5.74, 6) is -46.3. The molecule has 0 aromatic carbocycles. The zero-order chi connectivity index (χ0) is 34.1. The van der Waals surface area contributed by atoms with Gasteiger partial charge in [-0.2, -0.15) is 52.7 Å². The first-order chi connectivity index (χ1) is 19.4. The number of aliphatic hydroxyl groups is 1. The van der Waals surface area contributed by atoms with Gasteiger partial charge in [-0.05, 0) is 19.8 Å². The molecule has 1 atom stereocenters. The molecule has 0 saturated carbocycles. The van der Waals surface area contributed by atoms with Crippen molar-refractivity contribution in [2.45, 2.75) is 101 Å². The Morgan fingerprint density at radius 1 is 0.674 bits per heavy atom. The highest BCUT2D eigenvalue weighted by Gasteiger charge is 2.89. The van der Waals surface area contributed by atoms with Crippen molar-refractivity contribution in [2.24, 2.45) is 5.92 Å². The summed E-state index contributed by atoms with van der Waals surface area (Å²) in [5, 5.41) is 8.84. The van der Waals surface area contributed by atoms with Gasteiger partial charge in [0.2, 0.25) is 0 Å². The molecule has 0 aliphatic carbocycles. The number of carbonyl (C=O) groups excluding carboxylic acids is 2. The van der Waals surface area contributed by atoms with Crippen LogP contribution in [0.15, 0.2) is 24.3 Å². The number of aliphatic hydroxyl groups excluding tert-OH is 1. The Kier molecular flexibility index (Phi) is 14.6. The standard InChI is InChI=1S/C26H34F12O5/c1-5-6-7-8-9-11-21(27,28)23(31,32)25(35,36)26(37,38)24(33,34)22(29,30)12-10-18(14-42-19(40)16(2)3)15-43-20(41)17(4)13-39/h18,39H,2,4-15H2,1,3H3. The fourth-order valence-corrected chi connectivity index (χ4v) is 3.40. The molecule has 0 aromatic heterocycles. The van der Waals surface area contributed by atoms with Crippen LogP contribution in [-0.4, -0.2) is 72.4 Å². The molecular formula is C26H34F12O5. The van der Waals surface area contributed by atoms with E-state index in [1.165, 1.54) is 0 Å². The number of hydrogen-bond acceptors (Lipinski definition) is 5. The molecular weight excluding hydrogens is 620 g/mol. The van der Waals surface area contributed by atoms with E-state index in [4.69, 9.17) is 5.11 Å². The lowest BCUT2D eigenvalue weighted by Crippen LogP contribution is -2.70. The minimum atomic E-state index is -7.70. The minimum absolute atomic E-state index is 0.192. The molecule has 0 amide bonds. The lowest BCUT2D eigenvalue weighted by Gasteiger charge is -2.41. The first-order valence-electron chi connectivity index (χ1n) is 12.9. The van der Waals surface area contributed by atoms with Crippen LogP contribution in [0.4, 0.5) is 52.7 Å². The highest BCUT2D eigenvalue weighted by Crippen LogP contribution is 2.61. The molecule has 0 rings (SSSR count). The van der Waals surface area contributed by atoms with E-state index in [2.05, 4.69) is 22.6 Å². The molecule has 1 unspecified atom stereocenters. The highest BCUT2D eigenvalue weighted by atomic mass is 19.4. The van der Waals surface area contributed by atoms with Crippen molar-refractivity contribution in [1.82, 2.24) is 0 Å². The van der Waals surface area contributed by atoms with Crippen LogP contribution in [-0.2, 0) is 19.1 Å². The third-order valence-corrected chi connectivity index (χ3v) is 6.29. The van der Waals surface area contributed by atoms with Crippen LogP contribution < -0.4 is 0 Å². The van der Waals surface area contributed by atoms with E-state index in [0.717, 1.165) is 6.92 Å². The van der Waals surface area contributed by atoms with Crippen LogP contribution in [0.1, 0.15) is 65.2 Å². The Morgan fingerprint density at radius 3 is 1.51 bits per heavy atom. The predicted molar refractivity (Wildman–Crippen MR) is 129 cm³/mol. The number of esters is 2. The molecule has 17 heteroatoms. The first-order valence-corrected chi connectivity index (χ1v) is 12.9. The zero-order valence-corrected chi connectivity index (χ0v) is 23.4. The Bertz CT molecular complexity index is 966. The van der Waals surface area contributed by atoms with E-state index in [1.54, 1.807) is 6.92 Å². The maximum absolute atomic E-state index is 14.4. The Labute approximate surface area is 240 Å². The average molecular weight is 655 g/mol. The Hall–Kier alpha value is -2.46. The number of hydrogen-bond donors (Lipinski definition) is 1. The van der Waals surface area contributed by atoms with Crippen molar-refractivity contribution in [3.05, 3.63) is 24.3 Å². The number of rotatable bonds is 21.